The molecule has 0 aromatic carbocycles. The number of nitrogens with two attached hydrogens (primary N) is 1. The summed E-state index contributed by atoms with van der Waals surface area (Å²) in [7, 11) is 0. The maximum absolute atomic E-state index is 5.38. The Morgan fingerprint density at radius 2 is 2.25 bits per heavy atom. The molecule has 1 aromatic heterocycles. The van der Waals surface area contributed by atoms with Crippen molar-refractivity contribution in [2.75, 3.05) is 0 Å². The number of hydrogen-bond donors (Lipinski definition) is 3. The summed E-state index contributed by atoms with van der Waals surface area (Å²) in [6, 6.07) is 2.30. The molecule has 0 aliphatic heterocycles. The largest absolute Gasteiger partial charge is 0.353 e. The summed E-state index contributed by atoms with van der Waals surface area (Å²) in [5.74, 6) is 5.98. The third-order valence-corrected chi connectivity index (χ3v) is 1.92. The Morgan fingerprint density at radius 1 is 1.50 bits per heavy atom. The van der Waals surface area contributed by atoms with E-state index >= 15 is 0 Å². The number of aromatic nitrogens is 2. The topological polar surface area (TPSA) is 80.3 Å². The van der Waals surface area contributed by atoms with Crippen LogP contribution in [0.1, 0.15) is 20.8 Å². The number of guanidine groups is 1. The van der Waals surface area contributed by atoms with Crippen LogP contribution in [-0.4, -0.2) is 27.8 Å². The molecule has 1 atom stereocenters. The molecule has 0 aliphatic rings. The van der Waals surface area contributed by atoms with E-state index in [1.165, 1.54) is 0 Å². The molecule has 6 nitrogen and oxygen atoms in total. The van der Waals surface area contributed by atoms with Gasteiger partial charge in [-0.3, -0.25) is 10.1 Å². The molecule has 1 aromatic rings. The van der Waals surface area contributed by atoms with Gasteiger partial charge in [0, 0.05) is 18.4 Å². The first-order chi connectivity index (χ1) is 7.61. The number of nitrogens with one attached hydrogen (secondary N) is 2. The van der Waals surface area contributed by atoms with E-state index in [0.717, 1.165) is 6.54 Å². The lowest BCUT2D eigenvalue weighted by Crippen LogP contribution is -2.45. The standard InChI is InChI=1S/C10H20N6/c1-8(2)13-10(15-11)14-9(3)7-16-6-4-5-12-16/h4-6,8-9H,7,11H2,1-3H3,(H2,13,14,15). The molecule has 1 unspecified atom stereocenters. The second kappa shape index (κ2) is 6.12. The molecule has 4 N–H and O–H groups in total. The van der Waals surface area contributed by atoms with Crippen LogP contribution in [0.4, 0.5) is 0 Å². The summed E-state index contributed by atoms with van der Waals surface area (Å²) in [6.07, 6.45) is 3.67. The Balaban J connectivity index is 2.52. The van der Waals surface area contributed by atoms with Crippen molar-refractivity contribution < 1.29 is 0 Å². The number of aliphatic imine (C=N–C) groups is 1. The Kier molecular flexibility index (Phi) is 4.78. The quantitative estimate of drug-likeness (QED) is 0.293. The lowest BCUT2D eigenvalue weighted by atomic mass is 10.3. The maximum atomic E-state index is 5.38. The summed E-state index contributed by atoms with van der Waals surface area (Å²) in [5, 5.41) is 7.25. The fraction of sp³-hybridized carbons (Fsp3) is 0.600. The predicted octanol–water partition coefficient (Wildman–Crippen LogP) is 0.0889. The van der Waals surface area contributed by atoms with Crippen LogP contribution in [0, 0.1) is 0 Å². The molecule has 16 heavy (non-hydrogen) atoms. The first-order valence-corrected chi connectivity index (χ1v) is 5.40. The minimum Gasteiger partial charge on any atom is -0.353 e. The smallest absolute Gasteiger partial charge is 0.206 e. The van der Waals surface area contributed by atoms with Crippen LogP contribution in [0.2, 0.25) is 0 Å². The van der Waals surface area contributed by atoms with E-state index in [1.54, 1.807) is 6.20 Å². The van der Waals surface area contributed by atoms with Crippen LogP contribution in [0.25, 0.3) is 0 Å². The third kappa shape index (κ3) is 4.31. The molecule has 90 valence electrons. The number of hydrazine groups is 1. The molecule has 0 amide bonds. The molecule has 0 aliphatic carbocycles. The zero-order valence-corrected chi connectivity index (χ0v) is 10.0. The van der Waals surface area contributed by atoms with Gasteiger partial charge in [0.2, 0.25) is 5.96 Å². The molecule has 1 rings (SSSR count). The summed E-state index contributed by atoms with van der Waals surface area (Å²) < 4.78 is 1.84. The van der Waals surface area contributed by atoms with E-state index in [2.05, 4.69) is 20.8 Å². The van der Waals surface area contributed by atoms with Gasteiger partial charge >= 0.3 is 0 Å². The lowest BCUT2D eigenvalue weighted by molar-refractivity contribution is 0.535. The minimum absolute atomic E-state index is 0.109. The Hall–Kier alpha value is -1.56. The van der Waals surface area contributed by atoms with E-state index in [0.29, 0.717) is 12.0 Å². The van der Waals surface area contributed by atoms with E-state index in [-0.39, 0.29) is 6.04 Å². The molecule has 1 heterocycles. The predicted molar refractivity (Wildman–Crippen MR) is 64.7 cm³/mol. The zero-order chi connectivity index (χ0) is 12.0. The van der Waals surface area contributed by atoms with Crippen molar-refractivity contribution >= 4 is 5.96 Å². The summed E-state index contributed by atoms with van der Waals surface area (Å²) in [5.41, 5.74) is 2.55. The molecular weight excluding hydrogens is 204 g/mol. The van der Waals surface area contributed by atoms with Gasteiger partial charge in [-0.1, -0.05) is 0 Å². The molecule has 0 saturated carbocycles. The SMILES string of the molecule is CC(Cn1cccn1)N=C(NN)NC(C)C. The zero-order valence-electron chi connectivity index (χ0n) is 10.0. The molecule has 0 bridgehead atoms. The van der Waals surface area contributed by atoms with E-state index in [9.17, 15) is 0 Å². The molecule has 6 heteroatoms. The van der Waals surface area contributed by atoms with Crippen molar-refractivity contribution in [3.63, 3.8) is 0 Å². The van der Waals surface area contributed by atoms with E-state index in [4.69, 9.17) is 5.84 Å². The maximum Gasteiger partial charge on any atom is 0.206 e. The van der Waals surface area contributed by atoms with Crippen LogP contribution in [0.15, 0.2) is 23.5 Å². The van der Waals surface area contributed by atoms with Gasteiger partial charge in [-0.25, -0.2) is 10.8 Å². The van der Waals surface area contributed by atoms with Gasteiger partial charge in [0.1, 0.15) is 0 Å². The van der Waals surface area contributed by atoms with Crippen LogP contribution >= 0.6 is 0 Å². The average Bonchev–Trinajstić information content (AvgIpc) is 2.68. The second-order valence-corrected chi connectivity index (χ2v) is 4.00. The molecule has 0 radical (unpaired) electrons. The van der Waals surface area contributed by atoms with Crippen molar-refractivity contribution in [2.24, 2.45) is 10.8 Å². The summed E-state index contributed by atoms with van der Waals surface area (Å²) in [4.78, 5) is 4.42. The normalized spacial score (nSPS) is 13.9. The molecule has 0 saturated heterocycles. The van der Waals surface area contributed by atoms with Gasteiger partial charge in [0.05, 0.1) is 12.6 Å². The average molecular weight is 224 g/mol. The highest BCUT2D eigenvalue weighted by molar-refractivity contribution is 5.79. The third-order valence-electron chi connectivity index (χ3n) is 1.92. The second-order valence-electron chi connectivity index (χ2n) is 4.00. The van der Waals surface area contributed by atoms with Crippen molar-refractivity contribution in [1.82, 2.24) is 20.5 Å². The van der Waals surface area contributed by atoms with Crippen LogP contribution in [0.3, 0.4) is 0 Å². The number of hydrogen-bond acceptors (Lipinski definition) is 3. The first kappa shape index (κ1) is 12.5. The van der Waals surface area contributed by atoms with Gasteiger partial charge < -0.3 is 5.32 Å². The number of nitrogens with zero attached hydrogens (tertiary/aromatic N) is 3. The monoisotopic (exact) mass is 224 g/mol. The van der Waals surface area contributed by atoms with Gasteiger partial charge in [-0.2, -0.15) is 5.10 Å². The highest BCUT2D eigenvalue weighted by atomic mass is 15.3. The molecular formula is C10H20N6. The van der Waals surface area contributed by atoms with Gasteiger partial charge in [-0.05, 0) is 26.8 Å². The van der Waals surface area contributed by atoms with Crippen molar-refractivity contribution in [1.29, 1.82) is 0 Å². The van der Waals surface area contributed by atoms with E-state index in [1.807, 2.05) is 37.7 Å². The van der Waals surface area contributed by atoms with Gasteiger partial charge in [0.15, 0.2) is 0 Å². The Morgan fingerprint density at radius 3 is 2.75 bits per heavy atom. The molecule has 0 spiro atoms. The van der Waals surface area contributed by atoms with Crippen LogP contribution in [-0.2, 0) is 6.54 Å². The van der Waals surface area contributed by atoms with Crippen LogP contribution < -0.4 is 16.6 Å². The fourth-order valence-electron chi connectivity index (χ4n) is 1.33. The minimum atomic E-state index is 0.109. The highest BCUT2D eigenvalue weighted by Gasteiger charge is 2.04. The van der Waals surface area contributed by atoms with Gasteiger partial charge in [-0.15, -0.1) is 0 Å². The van der Waals surface area contributed by atoms with Crippen molar-refractivity contribution in [3.05, 3.63) is 18.5 Å². The van der Waals surface area contributed by atoms with Crippen LogP contribution in [0.5, 0.6) is 0 Å². The molecule has 0 fully saturated rings. The van der Waals surface area contributed by atoms with E-state index < -0.39 is 0 Å². The number of rotatable bonds is 4. The first-order valence-electron chi connectivity index (χ1n) is 5.40. The summed E-state index contributed by atoms with van der Waals surface area (Å²) in [6.45, 7) is 6.81. The Bertz CT molecular complexity index is 316. The van der Waals surface area contributed by atoms with Crippen molar-refractivity contribution in [3.8, 4) is 0 Å². The fourth-order valence-corrected chi connectivity index (χ4v) is 1.33. The Labute approximate surface area is 95.9 Å². The van der Waals surface area contributed by atoms with Crippen molar-refractivity contribution in [2.45, 2.75) is 39.4 Å². The highest BCUT2D eigenvalue weighted by Crippen LogP contribution is 1.95. The lowest BCUT2D eigenvalue weighted by Gasteiger charge is -2.14. The summed E-state index contributed by atoms with van der Waals surface area (Å²) >= 11 is 0. The van der Waals surface area contributed by atoms with Gasteiger partial charge in [0.25, 0.3) is 0 Å².